The van der Waals surface area contributed by atoms with E-state index in [0.29, 0.717) is 12.6 Å². The molecule has 7 heteroatoms. The van der Waals surface area contributed by atoms with E-state index in [0.717, 1.165) is 44.5 Å². The molecule has 0 radical (unpaired) electrons. The number of guanidine groups is 1. The number of likely N-dealkylation sites (N-methyl/N-ethyl adjacent to an activating group) is 1. The van der Waals surface area contributed by atoms with Crippen LogP contribution in [0, 0.1) is 5.92 Å². The highest BCUT2D eigenvalue weighted by Crippen LogP contribution is 2.25. The average Bonchev–Trinajstić information content (AvgIpc) is 3.13. The Balaban J connectivity index is 1.88. The Morgan fingerprint density at radius 1 is 1.00 bits per heavy atom. The molecule has 0 unspecified atom stereocenters. The van der Waals surface area contributed by atoms with Crippen molar-refractivity contribution in [3.8, 4) is 0 Å². The number of aliphatic imine (C=N–C) groups is 1. The van der Waals surface area contributed by atoms with Gasteiger partial charge in [0.25, 0.3) is 0 Å². The van der Waals surface area contributed by atoms with Crippen molar-refractivity contribution in [1.82, 2.24) is 15.5 Å². The monoisotopic (exact) mass is 366 g/mol. The van der Waals surface area contributed by atoms with Crippen molar-refractivity contribution < 1.29 is 14.3 Å². The minimum Gasteiger partial charge on any atom is -0.466 e. The molecule has 2 rings (SSSR count). The first-order valence-electron chi connectivity index (χ1n) is 9.94. The lowest BCUT2D eigenvalue weighted by molar-refractivity contribution is -0.149. The second kappa shape index (κ2) is 10.4. The molecule has 2 N–H and O–H groups in total. The van der Waals surface area contributed by atoms with Gasteiger partial charge in [-0.25, -0.2) is 4.99 Å². The van der Waals surface area contributed by atoms with E-state index in [1.165, 1.54) is 12.8 Å². The predicted octanol–water partition coefficient (Wildman–Crippen LogP) is 1.67. The van der Waals surface area contributed by atoms with E-state index in [1.54, 1.807) is 19.0 Å². The van der Waals surface area contributed by atoms with Crippen LogP contribution >= 0.6 is 0 Å². The Bertz CT molecular complexity index is 493. The summed E-state index contributed by atoms with van der Waals surface area (Å²) >= 11 is 0. The molecule has 0 aromatic carbocycles. The van der Waals surface area contributed by atoms with Crippen LogP contribution < -0.4 is 10.6 Å². The molecule has 0 saturated heterocycles. The number of hydrogen-bond acceptors (Lipinski definition) is 4. The number of carbonyl (C=O) groups is 2. The number of rotatable bonds is 6. The molecule has 0 spiro atoms. The van der Waals surface area contributed by atoms with Crippen LogP contribution in [0.15, 0.2) is 4.99 Å². The zero-order valence-electron chi connectivity index (χ0n) is 16.4. The third-order valence-corrected chi connectivity index (χ3v) is 5.26. The maximum absolute atomic E-state index is 11.9. The number of amides is 1. The van der Waals surface area contributed by atoms with Crippen LogP contribution in [-0.2, 0) is 14.3 Å². The summed E-state index contributed by atoms with van der Waals surface area (Å²) in [6.45, 7) is 2.43. The van der Waals surface area contributed by atoms with Crippen molar-refractivity contribution in [1.29, 1.82) is 0 Å². The minimum atomic E-state index is -0.0690. The average molecular weight is 367 g/mol. The first kappa shape index (κ1) is 20.5. The van der Waals surface area contributed by atoms with Crippen molar-refractivity contribution >= 4 is 17.8 Å². The lowest BCUT2D eigenvalue weighted by Gasteiger charge is -2.30. The number of nitrogens with zero attached hydrogens (tertiary/aromatic N) is 2. The summed E-state index contributed by atoms with van der Waals surface area (Å²) in [6.07, 6.45) is 8.29. The number of hydrogen-bond donors (Lipinski definition) is 2. The lowest BCUT2D eigenvalue weighted by Crippen LogP contribution is -2.48. The zero-order valence-corrected chi connectivity index (χ0v) is 16.4. The van der Waals surface area contributed by atoms with Crippen LogP contribution in [0.1, 0.15) is 58.3 Å². The van der Waals surface area contributed by atoms with Gasteiger partial charge in [0.05, 0.1) is 12.5 Å². The van der Waals surface area contributed by atoms with Crippen LogP contribution in [0.2, 0.25) is 0 Å². The summed E-state index contributed by atoms with van der Waals surface area (Å²) in [6, 6.07) is 0.717. The van der Waals surface area contributed by atoms with Gasteiger partial charge in [-0.05, 0) is 45.4 Å². The van der Waals surface area contributed by atoms with Gasteiger partial charge in [-0.15, -0.1) is 0 Å². The van der Waals surface area contributed by atoms with Crippen LogP contribution in [0.4, 0.5) is 0 Å². The molecule has 0 aromatic rings. The van der Waals surface area contributed by atoms with Crippen LogP contribution in [-0.4, -0.2) is 62.1 Å². The normalized spacial score (nSPS) is 24.2. The maximum atomic E-state index is 11.9. The molecule has 2 aliphatic rings. The van der Waals surface area contributed by atoms with E-state index in [9.17, 15) is 9.59 Å². The smallest absolute Gasteiger partial charge is 0.308 e. The lowest BCUT2D eigenvalue weighted by atomic mass is 9.86. The van der Waals surface area contributed by atoms with Gasteiger partial charge in [0.15, 0.2) is 5.96 Å². The molecule has 0 heterocycles. The zero-order chi connectivity index (χ0) is 18.9. The van der Waals surface area contributed by atoms with Gasteiger partial charge in [-0.2, -0.15) is 0 Å². The van der Waals surface area contributed by atoms with Crippen molar-refractivity contribution in [2.45, 2.75) is 70.4 Å². The topological polar surface area (TPSA) is 83.0 Å². The van der Waals surface area contributed by atoms with E-state index in [1.807, 2.05) is 6.92 Å². The van der Waals surface area contributed by atoms with Gasteiger partial charge in [0.2, 0.25) is 5.91 Å². The predicted molar refractivity (Wildman–Crippen MR) is 102 cm³/mol. The van der Waals surface area contributed by atoms with Crippen molar-refractivity contribution in [3.63, 3.8) is 0 Å². The third-order valence-electron chi connectivity index (χ3n) is 5.26. The molecule has 148 valence electrons. The Labute approximate surface area is 156 Å². The van der Waals surface area contributed by atoms with Crippen LogP contribution in [0.5, 0.6) is 0 Å². The van der Waals surface area contributed by atoms with Crippen LogP contribution in [0.3, 0.4) is 0 Å². The SMILES string of the molecule is CCOC(=O)C1CCC(NC(=NCC(=O)N(C)C)NC2CCCC2)CC1. The number of esters is 1. The molecule has 2 saturated carbocycles. The van der Waals surface area contributed by atoms with Gasteiger partial charge in [0.1, 0.15) is 6.54 Å². The summed E-state index contributed by atoms with van der Waals surface area (Å²) in [4.78, 5) is 29.8. The van der Waals surface area contributed by atoms with Gasteiger partial charge >= 0.3 is 5.97 Å². The molecule has 7 nitrogen and oxygen atoms in total. The molecule has 2 fully saturated rings. The van der Waals surface area contributed by atoms with E-state index in [4.69, 9.17) is 4.74 Å². The largest absolute Gasteiger partial charge is 0.466 e. The first-order chi connectivity index (χ1) is 12.5. The van der Waals surface area contributed by atoms with E-state index >= 15 is 0 Å². The highest BCUT2D eigenvalue weighted by atomic mass is 16.5. The quantitative estimate of drug-likeness (QED) is 0.424. The molecule has 0 aliphatic heterocycles. The molecule has 26 heavy (non-hydrogen) atoms. The fourth-order valence-electron chi connectivity index (χ4n) is 3.61. The summed E-state index contributed by atoms with van der Waals surface area (Å²) in [7, 11) is 3.48. The number of carbonyl (C=O) groups excluding carboxylic acids is 2. The molecule has 0 bridgehead atoms. The summed E-state index contributed by atoms with van der Waals surface area (Å²) < 4.78 is 5.14. The Hall–Kier alpha value is -1.79. The second-order valence-corrected chi connectivity index (χ2v) is 7.52. The van der Waals surface area contributed by atoms with Crippen LogP contribution in [0.25, 0.3) is 0 Å². The molecular weight excluding hydrogens is 332 g/mol. The standard InChI is InChI=1S/C19H34N4O3/c1-4-26-18(25)14-9-11-16(12-10-14)22-19(20-13-17(24)23(2)3)21-15-7-5-6-8-15/h14-16H,4-13H2,1-3H3,(H2,20,21,22). The highest BCUT2D eigenvalue weighted by molar-refractivity contribution is 5.85. The molecular formula is C19H34N4O3. The summed E-state index contributed by atoms with van der Waals surface area (Å²) in [5, 5.41) is 6.97. The van der Waals surface area contributed by atoms with Gasteiger partial charge in [-0.1, -0.05) is 12.8 Å². The number of ether oxygens (including phenoxy) is 1. The molecule has 0 aromatic heterocycles. The highest BCUT2D eigenvalue weighted by Gasteiger charge is 2.28. The van der Waals surface area contributed by atoms with Crippen molar-refractivity contribution in [3.05, 3.63) is 0 Å². The van der Waals surface area contributed by atoms with E-state index in [-0.39, 0.29) is 30.4 Å². The Kier molecular flexibility index (Phi) is 8.19. The Morgan fingerprint density at radius 3 is 2.12 bits per heavy atom. The first-order valence-corrected chi connectivity index (χ1v) is 9.94. The van der Waals surface area contributed by atoms with Gasteiger partial charge in [0, 0.05) is 26.2 Å². The molecule has 2 aliphatic carbocycles. The number of nitrogens with one attached hydrogen (secondary N) is 2. The third kappa shape index (κ3) is 6.50. The summed E-state index contributed by atoms with van der Waals surface area (Å²) in [5.74, 6) is 0.669. The Morgan fingerprint density at radius 2 is 1.58 bits per heavy atom. The van der Waals surface area contributed by atoms with Crippen molar-refractivity contribution in [2.24, 2.45) is 10.9 Å². The van der Waals surface area contributed by atoms with Gasteiger partial charge in [-0.3, -0.25) is 9.59 Å². The van der Waals surface area contributed by atoms with Crippen molar-refractivity contribution in [2.75, 3.05) is 27.2 Å². The minimum absolute atomic E-state index is 0.0106. The van der Waals surface area contributed by atoms with E-state index in [2.05, 4.69) is 15.6 Å². The summed E-state index contributed by atoms with van der Waals surface area (Å²) in [5.41, 5.74) is 0. The second-order valence-electron chi connectivity index (χ2n) is 7.52. The van der Waals surface area contributed by atoms with Gasteiger partial charge < -0.3 is 20.3 Å². The van der Waals surface area contributed by atoms with E-state index < -0.39 is 0 Å². The molecule has 0 atom stereocenters. The fourth-order valence-corrected chi connectivity index (χ4v) is 3.61. The molecule has 1 amide bonds. The fraction of sp³-hybridized carbons (Fsp3) is 0.842. The maximum Gasteiger partial charge on any atom is 0.308 e.